The van der Waals surface area contributed by atoms with Gasteiger partial charge in [-0.25, -0.2) is 0 Å². The van der Waals surface area contributed by atoms with E-state index in [4.69, 9.17) is 0 Å². The number of hydrogen-bond acceptors (Lipinski definition) is 4. The number of carbonyl (C=O) groups is 2. The van der Waals surface area contributed by atoms with Crippen molar-refractivity contribution in [3.05, 3.63) is 42.2 Å². The van der Waals surface area contributed by atoms with Gasteiger partial charge in [-0.15, -0.1) is 22.7 Å². The minimum atomic E-state index is 0.203. The molecule has 0 saturated carbocycles. The normalized spacial score (nSPS) is 22.8. The zero-order chi connectivity index (χ0) is 15.1. The topological polar surface area (TPSA) is 34.1 Å². The van der Waals surface area contributed by atoms with Gasteiger partial charge in [0.2, 0.25) is 0 Å². The summed E-state index contributed by atoms with van der Waals surface area (Å²) in [4.78, 5) is 24.6. The number of rotatable bonds is 0. The number of thiophene rings is 2. The van der Waals surface area contributed by atoms with Crippen LogP contribution in [0.25, 0.3) is 0 Å². The molecular weight excluding hydrogens is 368 g/mol. The Morgan fingerprint density at radius 3 is 2.38 bits per heavy atom. The van der Waals surface area contributed by atoms with Crippen LogP contribution >= 0.6 is 38.6 Å². The standard InChI is InChI=1S/C8H7BrOS.C8H8OS/c1-4-2-5-6(9)3-11-8(5)7(4)10;1-5-4-6-2-3-10-8(6)7(5)9/h3-4H,2H2,1H3;2-3,5H,4H2,1H3. The van der Waals surface area contributed by atoms with Gasteiger partial charge in [-0.2, -0.15) is 0 Å². The van der Waals surface area contributed by atoms with Gasteiger partial charge in [0.15, 0.2) is 11.6 Å². The Hall–Kier alpha value is -0.780. The number of hydrogen-bond donors (Lipinski definition) is 0. The lowest BCUT2D eigenvalue weighted by Crippen LogP contribution is -2.02. The van der Waals surface area contributed by atoms with Crippen molar-refractivity contribution in [1.82, 2.24) is 0 Å². The predicted molar refractivity (Wildman–Crippen MR) is 90.7 cm³/mol. The van der Waals surface area contributed by atoms with Crippen LogP contribution in [0.3, 0.4) is 0 Å². The number of carbonyl (C=O) groups excluding carboxylic acids is 2. The van der Waals surface area contributed by atoms with Crippen molar-refractivity contribution in [1.29, 1.82) is 0 Å². The summed E-state index contributed by atoms with van der Waals surface area (Å²) in [6.45, 7) is 3.98. The molecule has 2 aromatic rings. The molecule has 5 heteroatoms. The smallest absolute Gasteiger partial charge is 0.176 e. The minimum Gasteiger partial charge on any atom is -0.293 e. The van der Waals surface area contributed by atoms with Crippen LogP contribution in [0.2, 0.25) is 0 Å². The minimum absolute atomic E-state index is 0.203. The van der Waals surface area contributed by atoms with Crippen molar-refractivity contribution >= 4 is 50.2 Å². The molecule has 0 radical (unpaired) electrons. The lowest BCUT2D eigenvalue weighted by molar-refractivity contribution is 0.0942. The number of ketones is 2. The van der Waals surface area contributed by atoms with Crippen molar-refractivity contribution in [3.8, 4) is 0 Å². The van der Waals surface area contributed by atoms with Gasteiger partial charge in [0.05, 0.1) is 9.75 Å². The maximum Gasteiger partial charge on any atom is 0.176 e. The highest BCUT2D eigenvalue weighted by molar-refractivity contribution is 9.10. The molecule has 2 aliphatic rings. The summed E-state index contributed by atoms with van der Waals surface area (Å²) in [6.07, 6.45) is 1.87. The van der Waals surface area contributed by atoms with Gasteiger partial charge in [0, 0.05) is 21.7 Å². The van der Waals surface area contributed by atoms with Crippen LogP contribution in [0.5, 0.6) is 0 Å². The van der Waals surface area contributed by atoms with Gasteiger partial charge in [-0.3, -0.25) is 9.59 Å². The first-order valence-electron chi connectivity index (χ1n) is 6.89. The second-order valence-electron chi connectivity index (χ2n) is 5.61. The summed E-state index contributed by atoms with van der Waals surface area (Å²) < 4.78 is 1.11. The van der Waals surface area contributed by atoms with E-state index in [1.165, 1.54) is 11.1 Å². The maximum atomic E-state index is 11.4. The maximum absolute atomic E-state index is 11.4. The third-order valence-corrected chi connectivity index (χ3v) is 6.99. The van der Waals surface area contributed by atoms with Crippen LogP contribution < -0.4 is 0 Å². The van der Waals surface area contributed by atoms with Gasteiger partial charge in [-0.1, -0.05) is 13.8 Å². The first-order valence-corrected chi connectivity index (χ1v) is 9.45. The van der Waals surface area contributed by atoms with Crippen LogP contribution in [0.15, 0.2) is 21.3 Å². The molecule has 2 aromatic heterocycles. The average Bonchev–Trinajstić information content (AvgIpc) is 3.16. The van der Waals surface area contributed by atoms with E-state index in [1.807, 2.05) is 24.6 Å². The molecule has 0 aromatic carbocycles. The summed E-state index contributed by atoms with van der Waals surface area (Å²) in [6, 6.07) is 2.06. The lowest BCUT2D eigenvalue weighted by atomic mass is 10.1. The molecule has 0 fully saturated rings. The molecule has 21 heavy (non-hydrogen) atoms. The molecule has 0 N–H and O–H groups in total. The molecule has 2 atom stereocenters. The molecule has 2 aliphatic carbocycles. The Kier molecular flexibility index (Phi) is 4.17. The number of fused-ring (bicyclic) bond motifs is 2. The molecule has 0 aliphatic heterocycles. The van der Waals surface area contributed by atoms with E-state index in [-0.39, 0.29) is 11.8 Å². The molecule has 0 amide bonds. The van der Waals surface area contributed by atoms with Crippen LogP contribution in [0.4, 0.5) is 0 Å². The summed E-state index contributed by atoms with van der Waals surface area (Å²) in [5, 5.41) is 3.99. The van der Waals surface area contributed by atoms with Gasteiger partial charge in [-0.05, 0) is 51.3 Å². The van der Waals surface area contributed by atoms with E-state index in [1.54, 1.807) is 22.7 Å². The first kappa shape index (κ1) is 15.1. The van der Waals surface area contributed by atoms with Crippen molar-refractivity contribution in [2.24, 2.45) is 11.8 Å². The molecule has 2 nitrogen and oxygen atoms in total. The Morgan fingerprint density at radius 1 is 1.05 bits per heavy atom. The van der Waals surface area contributed by atoms with Crippen molar-refractivity contribution in [2.45, 2.75) is 26.7 Å². The fraction of sp³-hybridized carbons (Fsp3) is 0.375. The molecule has 2 heterocycles. The number of Topliss-reactive ketones (excluding diaryl/α,β-unsaturated/α-hetero) is 2. The van der Waals surface area contributed by atoms with E-state index in [2.05, 4.69) is 22.0 Å². The largest absolute Gasteiger partial charge is 0.293 e. The Labute approximate surface area is 140 Å². The van der Waals surface area contributed by atoms with Crippen molar-refractivity contribution in [2.75, 3.05) is 0 Å². The second-order valence-corrected chi connectivity index (χ2v) is 8.26. The second kappa shape index (κ2) is 5.78. The average molecular weight is 383 g/mol. The third-order valence-electron chi connectivity index (χ3n) is 3.97. The Balaban J connectivity index is 0.000000126. The summed E-state index contributed by atoms with van der Waals surface area (Å²) in [5.41, 5.74) is 2.47. The van der Waals surface area contributed by atoms with Crippen molar-refractivity contribution in [3.63, 3.8) is 0 Å². The highest BCUT2D eigenvalue weighted by Crippen LogP contribution is 2.36. The van der Waals surface area contributed by atoms with Crippen LogP contribution in [0, 0.1) is 11.8 Å². The van der Waals surface area contributed by atoms with Crippen molar-refractivity contribution < 1.29 is 9.59 Å². The van der Waals surface area contributed by atoms with Crippen LogP contribution in [-0.2, 0) is 12.8 Å². The first-order chi connectivity index (χ1) is 9.99. The Bertz CT molecular complexity index is 714. The highest BCUT2D eigenvalue weighted by atomic mass is 79.9. The zero-order valence-electron chi connectivity index (χ0n) is 11.8. The monoisotopic (exact) mass is 382 g/mol. The van der Waals surface area contributed by atoms with E-state index >= 15 is 0 Å². The van der Waals surface area contributed by atoms with Crippen LogP contribution in [-0.4, -0.2) is 11.6 Å². The van der Waals surface area contributed by atoms with E-state index in [0.717, 1.165) is 27.1 Å². The summed E-state index contributed by atoms with van der Waals surface area (Å²) in [7, 11) is 0. The lowest BCUT2D eigenvalue weighted by Gasteiger charge is -1.94. The van der Waals surface area contributed by atoms with Gasteiger partial charge >= 0.3 is 0 Å². The SMILES string of the molecule is CC1Cc2c(Br)csc2C1=O.CC1Cc2ccsc2C1=O. The molecule has 110 valence electrons. The highest BCUT2D eigenvalue weighted by Gasteiger charge is 2.30. The van der Waals surface area contributed by atoms with Crippen LogP contribution in [0.1, 0.15) is 44.3 Å². The summed E-state index contributed by atoms with van der Waals surface area (Å²) in [5.74, 6) is 1.09. The fourth-order valence-corrected chi connectivity index (χ4v) is 5.52. The van der Waals surface area contributed by atoms with E-state index < -0.39 is 0 Å². The molecule has 2 unspecified atom stereocenters. The predicted octanol–water partition coefficient (Wildman–Crippen LogP) is 5.01. The number of halogens is 1. The zero-order valence-corrected chi connectivity index (χ0v) is 15.0. The molecule has 0 bridgehead atoms. The molecule has 0 spiro atoms. The van der Waals surface area contributed by atoms with Gasteiger partial charge in [0.1, 0.15) is 0 Å². The molecule has 0 saturated heterocycles. The van der Waals surface area contributed by atoms with E-state index in [0.29, 0.717) is 11.6 Å². The molecule has 4 rings (SSSR count). The Morgan fingerprint density at radius 2 is 1.71 bits per heavy atom. The quantitative estimate of drug-likeness (QED) is 0.641. The third kappa shape index (κ3) is 2.67. The fourth-order valence-electron chi connectivity index (χ4n) is 2.74. The van der Waals surface area contributed by atoms with Gasteiger partial charge in [0.25, 0.3) is 0 Å². The van der Waals surface area contributed by atoms with E-state index in [9.17, 15) is 9.59 Å². The van der Waals surface area contributed by atoms with Gasteiger partial charge < -0.3 is 0 Å². The summed E-state index contributed by atoms with van der Waals surface area (Å²) >= 11 is 6.56. The molecular formula is C16H15BrO2S2.